The van der Waals surface area contributed by atoms with Gasteiger partial charge in [0.05, 0.1) is 0 Å². The molecular formula is C21H25N3O2. The number of aromatic nitrogens is 1. The quantitative estimate of drug-likeness (QED) is 0.869. The zero-order valence-corrected chi connectivity index (χ0v) is 15.1. The van der Waals surface area contributed by atoms with Crippen LogP contribution in [0.15, 0.2) is 48.7 Å². The summed E-state index contributed by atoms with van der Waals surface area (Å²) in [5, 5.41) is 3.19. The lowest BCUT2D eigenvalue weighted by Gasteiger charge is -2.17. The van der Waals surface area contributed by atoms with Crippen molar-refractivity contribution >= 4 is 5.91 Å². The summed E-state index contributed by atoms with van der Waals surface area (Å²) in [7, 11) is 0. The number of carbonyl (C=O) groups excluding carboxylic acids is 1. The Morgan fingerprint density at radius 1 is 1.23 bits per heavy atom. The van der Waals surface area contributed by atoms with Gasteiger partial charge in [0.2, 0.25) is 5.88 Å². The van der Waals surface area contributed by atoms with Gasteiger partial charge in [-0.3, -0.25) is 9.69 Å². The van der Waals surface area contributed by atoms with E-state index in [1.807, 2.05) is 30.3 Å². The van der Waals surface area contributed by atoms with Crippen LogP contribution in [0.25, 0.3) is 0 Å². The van der Waals surface area contributed by atoms with E-state index in [-0.39, 0.29) is 11.9 Å². The van der Waals surface area contributed by atoms with Crippen LogP contribution in [0.4, 0.5) is 0 Å². The highest BCUT2D eigenvalue weighted by Crippen LogP contribution is 2.31. The monoisotopic (exact) mass is 351 g/mol. The number of hydrogen-bond donors (Lipinski definition) is 1. The van der Waals surface area contributed by atoms with E-state index in [1.54, 1.807) is 18.3 Å². The molecule has 2 aromatic rings. The number of hydrogen-bond acceptors (Lipinski definition) is 4. The van der Waals surface area contributed by atoms with Gasteiger partial charge < -0.3 is 10.1 Å². The van der Waals surface area contributed by atoms with Crippen molar-refractivity contribution in [1.82, 2.24) is 15.2 Å². The van der Waals surface area contributed by atoms with Crippen molar-refractivity contribution in [2.45, 2.75) is 38.5 Å². The summed E-state index contributed by atoms with van der Waals surface area (Å²) in [4.78, 5) is 19.4. The maximum Gasteiger partial charge on any atom is 0.251 e. The highest BCUT2D eigenvalue weighted by atomic mass is 16.5. The lowest BCUT2D eigenvalue weighted by molar-refractivity contribution is 0.0930. The average Bonchev–Trinajstić information content (AvgIpc) is 3.46. The molecule has 0 radical (unpaired) electrons. The van der Waals surface area contributed by atoms with Crippen molar-refractivity contribution in [3.05, 3.63) is 59.8 Å². The molecule has 0 bridgehead atoms. The zero-order valence-electron chi connectivity index (χ0n) is 15.1. The molecule has 1 saturated heterocycles. The van der Waals surface area contributed by atoms with Gasteiger partial charge in [-0.25, -0.2) is 4.98 Å². The fraction of sp³-hybridized carbons (Fsp3) is 0.429. The van der Waals surface area contributed by atoms with Gasteiger partial charge in [-0.2, -0.15) is 0 Å². The van der Waals surface area contributed by atoms with Crippen LogP contribution in [-0.2, 0) is 6.61 Å². The second-order valence-corrected chi connectivity index (χ2v) is 7.40. The first-order chi connectivity index (χ1) is 12.7. The number of benzene rings is 1. The van der Waals surface area contributed by atoms with Crippen molar-refractivity contribution in [3.8, 4) is 5.88 Å². The first-order valence-corrected chi connectivity index (χ1v) is 9.37. The van der Waals surface area contributed by atoms with Gasteiger partial charge in [-0.05, 0) is 30.4 Å². The number of carbonyl (C=O) groups is 1. The predicted octanol–water partition coefficient (Wildman–Crippen LogP) is 2.87. The van der Waals surface area contributed by atoms with Crippen LogP contribution in [0.5, 0.6) is 5.88 Å². The van der Waals surface area contributed by atoms with E-state index in [2.05, 4.69) is 22.1 Å². The maximum absolute atomic E-state index is 12.7. The summed E-state index contributed by atoms with van der Waals surface area (Å²) in [6.45, 7) is 4.70. The molecule has 2 unspecified atom stereocenters. The number of ether oxygens (including phenoxy) is 1. The molecule has 0 spiro atoms. The highest BCUT2D eigenvalue weighted by Gasteiger charge is 2.38. The Labute approximate surface area is 154 Å². The number of likely N-dealkylation sites (tertiary alicyclic amines) is 1. The number of rotatable bonds is 6. The van der Waals surface area contributed by atoms with Crippen LogP contribution in [0.3, 0.4) is 0 Å². The molecular weight excluding hydrogens is 326 g/mol. The maximum atomic E-state index is 12.7. The Bertz CT molecular complexity index is 761. The molecule has 5 nitrogen and oxygen atoms in total. The van der Waals surface area contributed by atoms with Crippen LogP contribution in [0.1, 0.15) is 35.7 Å². The summed E-state index contributed by atoms with van der Waals surface area (Å²) in [5.74, 6) is 0.905. The third kappa shape index (κ3) is 4.05. The third-order valence-electron chi connectivity index (χ3n) is 5.25. The number of nitrogens with zero attached hydrogens (tertiary/aromatic N) is 2. The fourth-order valence-corrected chi connectivity index (χ4v) is 3.54. The van der Waals surface area contributed by atoms with Gasteiger partial charge in [0.15, 0.2) is 0 Å². The summed E-state index contributed by atoms with van der Waals surface area (Å²) < 4.78 is 5.73. The number of nitrogens with one attached hydrogen (secondary N) is 1. The topological polar surface area (TPSA) is 54.5 Å². The second-order valence-electron chi connectivity index (χ2n) is 7.40. The Morgan fingerprint density at radius 2 is 2.04 bits per heavy atom. The molecule has 4 rings (SSSR count). The zero-order chi connectivity index (χ0) is 17.9. The van der Waals surface area contributed by atoms with E-state index >= 15 is 0 Å². The molecule has 1 aromatic heterocycles. The van der Waals surface area contributed by atoms with Gasteiger partial charge in [-0.15, -0.1) is 0 Å². The normalized spacial score (nSPS) is 23.0. The lowest BCUT2D eigenvalue weighted by atomic mass is 10.1. The molecule has 5 heteroatoms. The Hall–Kier alpha value is -2.40. The molecule has 2 fully saturated rings. The molecule has 2 aliphatic rings. The number of pyridine rings is 1. The van der Waals surface area contributed by atoms with Crippen molar-refractivity contribution in [2.75, 3.05) is 13.1 Å². The minimum absolute atomic E-state index is 0.0496. The van der Waals surface area contributed by atoms with Gasteiger partial charge in [0.25, 0.3) is 5.91 Å². The largest absolute Gasteiger partial charge is 0.473 e. The molecule has 136 valence electrons. The Morgan fingerprint density at radius 3 is 2.81 bits per heavy atom. The second kappa shape index (κ2) is 7.46. The van der Waals surface area contributed by atoms with E-state index in [0.29, 0.717) is 24.0 Å². The SMILES string of the molecule is CC1CN(C2CC2)CC1NC(=O)c1ccnc(OCc2ccccc2)c1. The van der Waals surface area contributed by atoms with Gasteiger partial charge in [-0.1, -0.05) is 37.3 Å². The molecule has 26 heavy (non-hydrogen) atoms. The summed E-state index contributed by atoms with van der Waals surface area (Å²) >= 11 is 0. The minimum atomic E-state index is -0.0496. The fourth-order valence-electron chi connectivity index (χ4n) is 3.54. The van der Waals surface area contributed by atoms with Crippen LogP contribution in [0, 0.1) is 5.92 Å². The molecule has 1 aromatic carbocycles. The van der Waals surface area contributed by atoms with E-state index < -0.39 is 0 Å². The van der Waals surface area contributed by atoms with Crippen LogP contribution < -0.4 is 10.1 Å². The lowest BCUT2D eigenvalue weighted by Crippen LogP contribution is -2.40. The van der Waals surface area contributed by atoms with E-state index in [9.17, 15) is 4.79 Å². The summed E-state index contributed by atoms with van der Waals surface area (Å²) in [5.41, 5.74) is 1.67. The van der Waals surface area contributed by atoms with Gasteiger partial charge in [0.1, 0.15) is 6.61 Å². The van der Waals surface area contributed by atoms with Crippen molar-refractivity contribution in [1.29, 1.82) is 0 Å². The molecule has 1 amide bonds. The van der Waals surface area contributed by atoms with Crippen LogP contribution >= 0.6 is 0 Å². The molecule has 1 N–H and O–H groups in total. The first-order valence-electron chi connectivity index (χ1n) is 9.37. The standard InChI is InChI=1S/C21H25N3O2/c1-15-12-24(18-7-8-18)13-19(15)23-21(25)17-9-10-22-20(11-17)26-14-16-5-3-2-4-6-16/h2-6,9-11,15,18-19H,7-8,12-14H2,1H3,(H,23,25). The highest BCUT2D eigenvalue weighted by molar-refractivity contribution is 5.94. The van der Waals surface area contributed by atoms with Gasteiger partial charge >= 0.3 is 0 Å². The van der Waals surface area contributed by atoms with E-state index in [0.717, 1.165) is 24.7 Å². The molecule has 1 aliphatic carbocycles. The van der Waals surface area contributed by atoms with Crippen LogP contribution in [-0.4, -0.2) is 41.0 Å². The van der Waals surface area contributed by atoms with Crippen molar-refractivity contribution in [2.24, 2.45) is 5.92 Å². The van der Waals surface area contributed by atoms with Crippen molar-refractivity contribution < 1.29 is 9.53 Å². The van der Waals surface area contributed by atoms with Crippen molar-refractivity contribution in [3.63, 3.8) is 0 Å². The predicted molar refractivity (Wildman–Crippen MR) is 100 cm³/mol. The molecule has 1 saturated carbocycles. The summed E-state index contributed by atoms with van der Waals surface area (Å²) in [6, 6.07) is 14.4. The smallest absolute Gasteiger partial charge is 0.251 e. The summed E-state index contributed by atoms with van der Waals surface area (Å²) in [6.07, 6.45) is 4.24. The van der Waals surface area contributed by atoms with Crippen LogP contribution in [0.2, 0.25) is 0 Å². The minimum Gasteiger partial charge on any atom is -0.473 e. The average molecular weight is 351 g/mol. The van der Waals surface area contributed by atoms with Gasteiger partial charge in [0, 0.05) is 43.0 Å². The number of amides is 1. The Balaban J connectivity index is 1.35. The molecule has 2 heterocycles. The van der Waals surface area contributed by atoms with E-state index in [1.165, 1.54) is 12.8 Å². The molecule has 1 aliphatic heterocycles. The van der Waals surface area contributed by atoms with E-state index in [4.69, 9.17) is 4.74 Å². The molecule has 2 atom stereocenters. The Kier molecular flexibility index (Phi) is 4.89. The first kappa shape index (κ1) is 17.0. The third-order valence-corrected chi connectivity index (χ3v) is 5.25.